The molecule has 1 unspecified atom stereocenters. The first-order valence-electron chi connectivity index (χ1n) is 9.44. The van der Waals surface area contributed by atoms with Gasteiger partial charge in [0.25, 0.3) is 5.56 Å². The van der Waals surface area contributed by atoms with Crippen molar-refractivity contribution in [2.75, 3.05) is 31.1 Å². The van der Waals surface area contributed by atoms with Gasteiger partial charge in [0.05, 0.1) is 11.4 Å². The number of rotatable bonds is 3. The number of hydrogen-bond acceptors (Lipinski definition) is 4. The molecule has 0 radical (unpaired) electrons. The van der Waals surface area contributed by atoms with Crippen molar-refractivity contribution in [2.24, 2.45) is 0 Å². The lowest BCUT2D eigenvalue weighted by Crippen LogP contribution is -2.51. The van der Waals surface area contributed by atoms with Gasteiger partial charge in [-0.05, 0) is 43.9 Å². The number of carbonyl (C=O) groups is 1. The van der Waals surface area contributed by atoms with Gasteiger partial charge in [0.1, 0.15) is 11.9 Å². The summed E-state index contributed by atoms with van der Waals surface area (Å²) in [6.07, 6.45) is 2.75. The molecule has 0 spiro atoms. The first-order chi connectivity index (χ1) is 13.0. The van der Waals surface area contributed by atoms with E-state index < -0.39 is 6.04 Å². The van der Waals surface area contributed by atoms with E-state index in [0.29, 0.717) is 31.9 Å². The first kappa shape index (κ1) is 17.7. The van der Waals surface area contributed by atoms with Crippen LogP contribution in [0.15, 0.2) is 35.1 Å². The molecule has 2 aromatic rings. The maximum atomic E-state index is 14.0. The predicted octanol–water partition coefficient (Wildman–Crippen LogP) is 1.78. The number of anilines is 1. The van der Waals surface area contributed by atoms with Gasteiger partial charge < -0.3 is 9.80 Å². The fourth-order valence-electron chi connectivity index (χ4n) is 3.94. The van der Waals surface area contributed by atoms with Crippen LogP contribution < -0.4 is 10.5 Å². The van der Waals surface area contributed by atoms with Gasteiger partial charge in [-0.3, -0.25) is 9.59 Å². The van der Waals surface area contributed by atoms with Gasteiger partial charge in [0.15, 0.2) is 0 Å². The summed E-state index contributed by atoms with van der Waals surface area (Å²) in [6, 6.07) is 7.66. The van der Waals surface area contributed by atoms with Gasteiger partial charge in [0, 0.05) is 32.2 Å². The molecule has 1 aromatic carbocycles. The number of fused-ring (bicyclic) bond motifs is 1. The van der Waals surface area contributed by atoms with Gasteiger partial charge in [-0.1, -0.05) is 12.1 Å². The van der Waals surface area contributed by atoms with Gasteiger partial charge in [0.2, 0.25) is 5.91 Å². The van der Waals surface area contributed by atoms with Gasteiger partial charge >= 0.3 is 0 Å². The van der Waals surface area contributed by atoms with Crippen molar-refractivity contribution in [2.45, 2.75) is 32.2 Å². The van der Waals surface area contributed by atoms with Crippen molar-refractivity contribution >= 4 is 11.6 Å². The Morgan fingerprint density at radius 1 is 1.15 bits per heavy atom. The van der Waals surface area contributed by atoms with Crippen LogP contribution in [0.3, 0.4) is 0 Å². The lowest BCUT2D eigenvalue weighted by atomic mass is 10.2. The second kappa shape index (κ2) is 7.13. The molecule has 27 heavy (non-hydrogen) atoms. The van der Waals surface area contributed by atoms with Crippen LogP contribution in [0.25, 0.3) is 0 Å². The quantitative estimate of drug-likeness (QED) is 0.827. The second-order valence-corrected chi connectivity index (χ2v) is 7.19. The highest BCUT2D eigenvalue weighted by Gasteiger charge is 2.28. The number of hydrogen-bond donors (Lipinski definition) is 0. The van der Waals surface area contributed by atoms with Crippen molar-refractivity contribution in [3.63, 3.8) is 0 Å². The number of carbonyl (C=O) groups excluding carboxylic acids is 1. The first-order valence-corrected chi connectivity index (χ1v) is 9.44. The van der Waals surface area contributed by atoms with E-state index >= 15 is 0 Å². The number of halogens is 1. The van der Waals surface area contributed by atoms with Crippen molar-refractivity contribution in [1.82, 2.24) is 14.7 Å². The van der Waals surface area contributed by atoms with Crippen LogP contribution in [0.4, 0.5) is 10.1 Å². The maximum absolute atomic E-state index is 14.0. The van der Waals surface area contributed by atoms with E-state index in [9.17, 15) is 14.0 Å². The summed E-state index contributed by atoms with van der Waals surface area (Å²) in [4.78, 5) is 28.9. The van der Waals surface area contributed by atoms with E-state index in [4.69, 9.17) is 0 Å². The van der Waals surface area contributed by atoms with Crippen molar-refractivity contribution in [3.8, 4) is 0 Å². The van der Waals surface area contributed by atoms with Crippen LogP contribution in [0, 0.1) is 5.82 Å². The zero-order valence-electron chi connectivity index (χ0n) is 15.4. The molecule has 1 aliphatic heterocycles. The Bertz CT molecular complexity index is 918. The Morgan fingerprint density at radius 2 is 1.89 bits per heavy atom. The minimum Gasteiger partial charge on any atom is -0.366 e. The van der Waals surface area contributed by atoms with Crippen LogP contribution in [-0.2, 0) is 17.6 Å². The van der Waals surface area contributed by atoms with Crippen LogP contribution in [0.2, 0.25) is 0 Å². The molecule has 0 N–H and O–H groups in total. The normalized spacial score (nSPS) is 17.7. The van der Waals surface area contributed by atoms with E-state index in [0.717, 1.165) is 30.5 Å². The summed E-state index contributed by atoms with van der Waals surface area (Å²) < 4.78 is 15.3. The monoisotopic (exact) mass is 370 g/mol. The van der Waals surface area contributed by atoms with E-state index in [1.54, 1.807) is 30.0 Å². The van der Waals surface area contributed by atoms with Crippen LogP contribution in [0.5, 0.6) is 0 Å². The molecule has 1 amide bonds. The van der Waals surface area contributed by atoms with E-state index in [-0.39, 0.29) is 17.3 Å². The van der Waals surface area contributed by atoms with Crippen LogP contribution in [0.1, 0.15) is 30.6 Å². The summed E-state index contributed by atoms with van der Waals surface area (Å²) in [7, 11) is 0. The predicted molar refractivity (Wildman–Crippen MR) is 100 cm³/mol. The van der Waals surface area contributed by atoms with Crippen molar-refractivity contribution in [1.29, 1.82) is 0 Å². The average Bonchev–Trinajstić information content (AvgIpc) is 3.14. The number of benzene rings is 1. The van der Waals surface area contributed by atoms with Crippen molar-refractivity contribution in [3.05, 3.63) is 57.8 Å². The fourth-order valence-corrected chi connectivity index (χ4v) is 3.94. The molecule has 7 heteroatoms. The highest BCUT2D eigenvalue weighted by Crippen LogP contribution is 2.22. The highest BCUT2D eigenvalue weighted by molar-refractivity contribution is 5.80. The van der Waals surface area contributed by atoms with E-state index in [1.807, 2.05) is 11.0 Å². The number of para-hydroxylation sites is 1. The number of amides is 1. The maximum Gasteiger partial charge on any atom is 0.267 e. The summed E-state index contributed by atoms with van der Waals surface area (Å²) in [6.45, 7) is 3.84. The Balaban J connectivity index is 1.45. The third kappa shape index (κ3) is 3.34. The van der Waals surface area contributed by atoms with Crippen LogP contribution in [-0.4, -0.2) is 46.8 Å². The standard InChI is InChI=1S/C20H23FN4O2/c1-14(25-19(26)13-15-5-4-7-17(15)22-25)20(27)24-11-9-23(10-12-24)18-8-3-2-6-16(18)21/h2-3,6,8,13-14H,4-5,7,9-12H2,1H3. The molecule has 1 aliphatic carbocycles. The molecule has 1 aromatic heterocycles. The summed E-state index contributed by atoms with van der Waals surface area (Å²) in [5.41, 5.74) is 2.28. The topological polar surface area (TPSA) is 58.4 Å². The Kier molecular flexibility index (Phi) is 4.68. The second-order valence-electron chi connectivity index (χ2n) is 7.19. The molecule has 2 aliphatic rings. The van der Waals surface area contributed by atoms with Gasteiger partial charge in [-0.2, -0.15) is 5.10 Å². The Morgan fingerprint density at radius 3 is 2.63 bits per heavy atom. The van der Waals surface area contributed by atoms with Gasteiger partial charge in [-0.15, -0.1) is 0 Å². The average molecular weight is 370 g/mol. The minimum absolute atomic E-state index is 0.115. The number of aryl methyl sites for hydroxylation is 2. The van der Waals surface area contributed by atoms with E-state index in [1.165, 1.54) is 10.7 Å². The molecule has 4 rings (SSSR count). The smallest absolute Gasteiger partial charge is 0.267 e. The summed E-state index contributed by atoms with van der Waals surface area (Å²) in [5.74, 6) is -0.365. The Labute approximate surface area is 157 Å². The fraction of sp³-hybridized carbons (Fsp3) is 0.450. The molecule has 1 atom stereocenters. The molecular formula is C20H23FN4O2. The molecule has 2 heterocycles. The zero-order valence-corrected chi connectivity index (χ0v) is 15.4. The molecular weight excluding hydrogens is 347 g/mol. The minimum atomic E-state index is -0.636. The zero-order chi connectivity index (χ0) is 19.0. The Hall–Kier alpha value is -2.70. The molecule has 6 nitrogen and oxygen atoms in total. The molecule has 1 saturated heterocycles. The third-order valence-corrected chi connectivity index (χ3v) is 5.49. The summed E-state index contributed by atoms with van der Waals surface area (Å²) in [5, 5.41) is 4.44. The number of aromatic nitrogens is 2. The van der Waals surface area contributed by atoms with Crippen LogP contribution >= 0.6 is 0 Å². The number of nitrogens with zero attached hydrogens (tertiary/aromatic N) is 4. The largest absolute Gasteiger partial charge is 0.366 e. The number of piperazine rings is 1. The molecule has 142 valence electrons. The van der Waals surface area contributed by atoms with E-state index in [2.05, 4.69) is 5.10 Å². The third-order valence-electron chi connectivity index (χ3n) is 5.49. The van der Waals surface area contributed by atoms with Crippen molar-refractivity contribution < 1.29 is 9.18 Å². The molecule has 0 saturated carbocycles. The van der Waals surface area contributed by atoms with Gasteiger partial charge in [-0.25, -0.2) is 9.07 Å². The lowest BCUT2D eigenvalue weighted by Gasteiger charge is -2.37. The summed E-state index contributed by atoms with van der Waals surface area (Å²) >= 11 is 0. The highest BCUT2D eigenvalue weighted by atomic mass is 19.1. The SMILES string of the molecule is CC(C(=O)N1CCN(c2ccccc2F)CC1)n1nc2c(cc1=O)CCC2. The molecule has 1 fully saturated rings. The lowest BCUT2D eigenvalue weighted by molar-refractivity contribution is -0.135. The molecule has 0 bridgehead atoms.